The molecule has 0 N–H and O–H groups in total. The average Bonchev–Trinajstić information content (AvgIpc) is 3.31. The summed E-state index contributed by atoms with van der Waals surface area (Å²) < 4.78 is 33.8. The number of hydrogen-bond acceptors (Lipinski definition) is 7. The van der Waals surface area contributed by atoms with E-state index in [1.54, 1.807) is 35.2 Å². The van der Waals surface area contributed by atoms with E-state index in [-0.39, 0.29) is 16.7 Å². The molecule has 0 spiro atoms. The number of carbonyl (C=O) groups excluding carboxylic acids is 1. The van der Waals surface area contributed by atoms with E-state index in [9.17, 15) is 13.2 Å². The number of aromatic nitrogens is 1. The minimum absolute atomic E-state index is 0.00886. The van der Waals surface area contributed by atoms with E-state index in [1.165, 1.54) is 22.8 Å². The van der Waals surface area contributed by atoms with E-state index in [4.69, 9.17) is 21.3 Å². The number of anilines is 1. The van der Waals surface area contributed by atoms with Crippen molar-refractivity contribution in [3.05, 3.63) is 47.5 Å². The molecule has 3 aromatic rings. The van der Waals surface area contributed by atoms with Gasteiger partial charge in [0.2, 0.25) is 15.9 Å². The van der Waals surface area contributed by atoms with Gasteiger partial charge in [-0.05, 0) is 76.3 Å². The van der Waals surface area contributed by atoms with Crippen LogP contribution in [0.15, 0.2) is 47.4 Å². The quantitative estimate of drug-likeness (QED) is 0.394. The number of fused-ring (bicyclic) bond motifs is 1. The summed E-state index contributed by atoms with van der Waals surface area (Å²) in [5, 5.41) is 1.20. The average molecular weight is 551 g/mol. The Labute approximate surface area is 221 Å². The number of thiazole rings is 1. The third-order valence-electron chi connectivity index (χ3n) is 6.34. The first-order chi connectivity index (χ1) is 17.2. The lowest BCUT2D eigenvalue weighted by molar-refractivity contribution is -0.123. The van der Waals surface area contributed by atoms with Gasteiger partial charge >= 0.3 is 0 Å². The number of methoxy groups -OCH3 is 1. The van der Waals surface area contributed by atoms with E-state index < -0.39 is 10.0 Å². The first-order valence-electron chi connectivity index (χ1n) is 11.9. The molecule has 1 amide bonds. The third kappa shape index (κ3) is 5.84. The van der Waals surface area contributed by atoms with Gasteiger partial charge in [-0.2, -0.15) is 4.31 Å². The van der Waals surface area contributed by atoms with Crippen molar-refractivity contribution < 1.29 is 17.9 Å². The topological polar surface area (TPSA) is 83.0 Å². The number of benzene rings is 2. The second kappa shape index (κ2) is 11.4. The van der Waals surface area contributed by atoms with Gasteiger partial charge in [-0.25, -0.2) is 13.4 Å². The van der Waals surface area contributed by atoms with E-state index in [2.05, 4.69) is 4.90 Å². The zero-order valence-electron chi connectivity index (χ0n) is 20.7. The molecule has 1 aliphatic rings. The lowest BCUT2D eigenvalue weighted by Crippen LogP contribution is -2.45. The number of ether oxygens (including phenoxy) is 1. The summed E-state index contributed by atoms with van der Waals surface area (Å²) in [5.41, 5.74) is 0.699. The lowest BCUT2D eigenvalue weighted by atomic mass is 9.96. The standard InChI is InChI=1S/C25H31ClN4O4S2/c1-28(2)14-5-15-30(25-27-23-21(26)6-4-7-22(23)35-25)24(31)18-12-16-29(17-13-18)36(32,33)20-10-8-19(34-3)9-11-20/h4,6-11,18H,5,12-17H2,1-3H3. The number of rotatable bonds is 9. The monoisotopic (exact) mass is 550 g/mol. The van der Waals surface area contributed by atoms with Crippen LogP contribution in [-0.2, 0) is 14.8 Å². The zero-order valence-corrected chi connectivity index (χ0v) is 23.1. The molecule has 0 saturated carbocycles. The molecule has 0 bridgehead atoms. The van der Waals surface area contributed by atoms with Gasteiger partial charge in [-0.3, -0.25) is 9.69 Å². The molecule has 1 saturated heterocycles. The summed E-state index contributed by atoms with van der Waals surface area (Å²) in [6.07, 6.45) is 1.72. The highest BCUT2D eigenvalue weighted by molar-refractivity contribution is 7.89. The van der Waals surface area contributed by atoms with E-state index in [1.807, 2.05) is 26.2 Å². The summed E-state index contributed by atoms with van der Waals surface area (Å²) >= 11 is 7.80. The fourth-order valence-corrected chi connectivity index (χ4v) is 7.09. The maximum Gasteiger partial charge on any atom is 0.243 e. The van der Waals surface area contributed by atoms with Gasteiger partial charge in [0.25, 0.3) is 0 Å². The summed E-state index contributed by atoms with van der Waals surface area (Å²) in [5.74, 6) is 0.323. The van der Waals surface area contributed by atoms with Crippen molar-refractivity contribution in [3.8, 4) is 5.75 Å². The van der Waals surface area contributed by atoms with Gasteiger partial charge in [-0.1, -0.05) is 29.0 Å². The normalized spacial score (nSPS) is 15.5. The molecule has 1 fully saturated rings. The first kappa shape index (κ1) is 26.8. The molecule has 0 radical (unpaired) electrons. The Morgan fingerprint density at radius 2 is 1.83 bits per heavy atom. The Hall–Kier alpha value is -2.24. The van der Waals surface area contributed by atoms with Crippen molar-refractivity contribution in [1.29, 1.82) is 0 Å². The maximum atomic E-state index is 13.7. The summed E-state index contributed by atoms with van der Waals surface area (Å²) in [6, 6.07) is 12.0. The van der Waals surface area contributed by atoms with Crippen LogP contribution in [0.2, 0.25) is 5.02 Å². The van der Waals surface area contributed by atoms with Crippen LogP contribution >= 0.6 is 22.9 Å². The Bertz CT molecular complexity index is 1300. The van der Waals surface area contributed by atoms with Crippen LogP contribution in [-0.4, -0.2) is 75.9 Å². The zero-order chi connectivity index (χ0) is 25.9. The van der Waals surface area contributed by atoms with Crippen molar-refractivity contribution in [1.82, 2.24) is 14.2 Å². The van der Waals surface area contributed by atoms with Crippen LogP contribution in [0.5, 0.6) is 5.75 Å². The van der Waals surface area contributed by atoms with Crippen molar-refractivity contribution in [3.63, 3.8) is 0 Å². The number of carbonyl (C=O) groups is 1. The van der Waals surface area contributed by atoms with Crippen LogP contribution in [0.1, 0.15) is 19.3 Å². The molecule has 0 atom stereocenters. The summed E-state index contributed by atoms with van der Waals surface area (Å²) in [4.78, 5) is 22.5. The molecule has 1 aliphatic heterocycles. The molecular formula is C25H31ClN4O4S2. The minimum Gasteiger partial charge on any atom is -0.497 e. The number of sulfonamides is 1. The molecular weight excluding hydrogens is 520 g/mol. The summed E-state index contributed by atoms with van der Waals surface area (Å²) in [6.45, 7) is 1.97. The summed E-state index contributed by atoms with van der Waals surface area (Å²) in [7, 11) is 1.91. The van der Waals surface area contributed by atoms with Crippen molar-refractivity contribution in [2.24, 2.45) is 5.92 Å². The SMILES string of the molecule is COc1ccc(S(=O)(=O)N2CCC(C(=O)N(CCCN(C)C)c3nc4c(Cl)cccc4s3)CC2)cc1. The molecule has 4 rings (SSSR count). The Kier molecular flexibility index (Phi) is 8.52. The molecule has 1 aromatic heterocycles. The number of halogens is 1. The second-order valence-corrected chi connectivity index (χ2v) is 12.4. The highest BCUT2D eigenvalue weighted by Crippen LogP contribution is 2.35. The van der Waals surface area contributed by atoms with Crippen LogP contribution < -0.4 is 9.64 Å². The largest absolute Gasteiger partial charge is 0.497 e. The van der Waals surface area contributed by atoms with Crippen LogP contribution in [0.3, 0.4) is 0 Å². The molecule has 2 aromatic carbocycles. The molecule has 2 heterocycles. The van der Waals surface area contributed by atoms with Gasteiger partial charge in [0.05, 0.1) is 21.7 Å². The Balaban J connectivity index is 1.49. The van der Waals surface area contributed by atoms with E-state index >= 15 is 0 Å². The maximum absolute atomic E-state index is 13.7. The number of piperidine rings is 1. The van der Waals surface area contributed by atoms with Crippen molar-refractivity contribution >= 4 is 54.2 Å². The fraction of sp³-hybridized carbons (Fsp3) is 0.440. The Morgan fingerprint density at radius 1 is 1.14 bits per heavy atom. The molecule has 0 unspecified atom stereocenters. The molecule has 8 nitrogen and oxygen atoms in total. The smallest absolute Gasteiger partial charge is 0.243 e. The Morgan fingerprint density at radius 3 is 2.44 bits per heavy atom. The van der Waals surface area contributed by atoms with Gasteiger partial charge in [0.15, 0.2) is 5.13 Å². The first-order valence-corrected chi connectivity index (χ1v) is 14.5. The van der Waals surface area contributed by atoms with Crippen LogP contribution in [0.4, 0.5) is 5.13 Å². The van der Waals surface area contributed by atoms with Gasteiger partial charge in [-0.15, -0.1) is 0 Å². The second-order valence-electron chi connectivity index (χ2n) is 9.08. The van der Waals surface area contributed by atoms with Crippen LogP contribution in [0, 0.1) is 5.92 Å². The highest BCUT2D eigenvalue weighted by atomic mass is 35.5. The van der Waals surface area contributed by atoms with Gasteiger partial charge in [0.1, 0.15) is 11.3 Å². The lowest BCUT2D eigenvalue weighted by Gasteiger charge is -2.33. The van der Waals surface area contributed by atoms with Crippen LogP contribution in [0.25, 0.3) is 10.2 Å². The molecule has 11 heteroatoms. The molecule has 0 aliphatic carbocycles. The fourth-order valence-electron chi connectivity index (χ4n) is 4.32. The molecule has 194 valence electrons. The van der Waals surface area contributed by atoms with Crippen molar-refractivity contribution in [2.75, 3.05) is 52.3 Å². The van der Waals surface area contributed by atoms with E-state index in [0.29, 0.717) is 53.9 Å². The number of nitrogens with zero attached hydrogens (tertiary/aromatic N) is 4. The molecule has 36 heavy (non-hydrogen) atoms. The third-order valence-corrected chi connectivity index (χ3v) is 9.60. The van der Waals surface area contributed by atoms with Gasteiger partial charge < -0.3 is 9.64 Å². The van der Waals surface area contributed by atoms with Gasteiger partial charge in [0, 0.05) is 25.6 Å². The number of hydrogen-bond donors (Lipinski definition) is 0. The highest BCUT2D eigenvalue weighted by Gasteiger charge is 2.35. The number of amides is 1. The number of para-hydroxylation sites is 1. The van der Waals surface area contributed by atoms with Crippen molar-refractivity contribution in [2.45, 2.75) is 24.2 Å². The predicted molar refractivity (Wildman–Crippen MR) is 145 cm³/mol. The predicted octanol–water partition coefficient (Wildman–Crippen LogP) is 4.34. The van der Waals surface area contributed by atoms with E-state index in [0.717, 1.165) is 17.7 Å². The minimum atomic E-state index is -3.63.